The molecular formula is C14H19NO4S2. The van der Waals surface area contributed by atoms with Crippen LogP contribution in [0.25, 0.3) is 6.08 Å². The van der Waals surface area contributed by atoms with Crippen LogP contribution in [-0.2, 0) is 14.8 Å². The van der Waals surface area contributed by atoms with Crippen molar-refractivity contribution in [3.63, 3.8) is 0 Å². The van der Waals surface area contributed by atoms with E-state index in [9.17, 15) is 13.2 Å². The number of aliphatic carboxylic acids is 1. The first-order chi connectivity index (χ1) is 9.66. The van der Waals surface area contributed by atoms with Gasteiger partial charge in [0, 0.05) is 17.4 Å². The fraction of sp³-hybridized carbons (Fsp3) is 0.357. The second kappa shape index (κ2) is 7.11. The Balaban J connectivity index is 2.94. The third-order valence-electron chi connectivity index (χ3n) is 2.83. The highest BCUT2D eigenvalue weighted by atomic mass is 32.2. The average molecular weight is 329 g/mol. The van der Waals surface area contributed by atoms with Crippen molar-refractivity contribution in [2.75, 3.05) is 12.8 Å². The molecule has 21 heavy (non-hydrogen) atoms. The number of benzene rings is 1. The molecular weight excluding hydrogens is 310 g/mol. The van der Waals surface area contributed by atoms with E-state index in [1.54, 1.807) is 23.9 Å². The van der Waals surface area contributed by atoms with Gasteiger partial charge in [-0.25, -0.2) is 17.9 Å². The minimum absolute atomic E-state index is 0.118. The van der Waals surface area contributed by atoms with Gasteiger partial charge in [0.15, 0.2) is 0 Å². The van der Waals surface area contributed by atoms with E-state index in [0.29, 0.717) is 12.1 Å². The molecule has 0 aliphatic heterocycles. The van der Waals surface area contributed by atoms with Crippen molar-refractivity contribution in [2.24, 2.45) is 0 Å². The largest absolute Gasteiger partial charge is 0.478 e. The molecule has 0 bridgehead atoms. The number of hydrogen-bond acceptors (Lipinski definition) is 4. The third-order valence-corrected chi connectivity index (χ3v) is 5.48. The minimum atomic E-state index is -3.61. The van der Waals surface area contributed by atoms with Gasteiger partial charge in [0.1, 0.15) is 0 Å². The van der Waals surface area contributed by atoms with Gasteiger partial charge < -0.3 is 5.11 Å². The van der Waals surface area contributed by atoms with E-state index in [2.05, 4.69) is 4.72 Å². The van der Waals surface area contributed by atoms with E-state index in [1.165, 1.54) is 18.2 Å². The highest BCUT2D eigenvalue weighted by Gasteiger charge is 2.21. The van der Waals surface area contributed by atoms with Gasteiger partial charge >= 0.3 is 5.97 Å². The third kappa shape index (κ3) is 5.91. The normalized spacial score (nSPS) is 12.7. The zero-order valence-electron chi connectivity index (χ0n) is 12.2. The zero-order valence-corrected chi connectivity index (χ0v) is 13.8. The van der Waals surface area contributed by atoms with Gasteiger partial charge in [0.05, 0.1) is 4.90 Å². The van der Waals surface area contributed by atoms with Gasteiger partial charge in [-0.1, -0.05) is 12.1 Å². The summed E-state index contributed by atoms with van der Waals surface area (Å²) in [4.78, 5) is 10.6. The molecule has 0 fully saturated rings. The maximum atomic E-state index is 12.2. The minimum Gasteiger partial charge on any atom is -0.478 e. The van der Waals surface area contributed by atoms with E-state index in [4.69, 9.17) is 5.11 Å². The molecule has 1 rings (SSSR count). The van der Waals surface area contributed by atoms with Crippen molar-refractivity contribution in [3.05, 3.63) is 35.9 Å². The van der Waals surface area contributed by atoms with Crippen molar-refractivity contribution < 1.29 is 18.3 Å². The number of nitrogens with one attached hydrogen (secondary N) is 1. The highest BCUT2D eigenvalue weighted by molar-refractivity contribution is 8.00. The molecule has 2 N–H and O–H groups in total. The predicted molar refractivity (Wildman–Crippen MR) is 85.9 cm³/mol. The average Bonchev–Trinajstić information content (AvgIpc) is 2.44. The van der Waals surface area contributed by atoms with Crippen LogP contribution in [-0.4, -0.2) is 37.0 Å². The van der Waals surface area contributed by atoms with Gasteiger partial charge in [-0.3, -0.25) is 0 Å². The van der Waals surface area contributed by atoms with Crippen LogP contribution in [0.3, 0.4) is 0 Å². The lowest BCUT2D eigenvalue weighted by Gasteiger charge is -2.22. The summed E-state index contributed by atoms with van der Waals surface area (Å²) in [6.07, 6.45) is 4.24. The van der Waals surface area contributed by atoms with Crippen LogP contribution in [0.15, 0.2) is 35.2 Å². The summed E-state index contributed by atoms with van der Waals surface area (Å²) in [5.41, 5.74) is 0.518. The van der Waals surface area contributed by atoms with Crippen molar-refractivity contribution in [1.82, 2.24) is 4.72 Å². The lowest BCUT2D eigenvalue weighted by molar-refractivity contribution is -0.131. The molecule has 0 atom stereocenters. The predicted octanol–water partition coefficient (Wildman–Crippen LogP) is 2.20. The Bertz CT molecular complexity index is 636. The van der Waals surface area contributed by atoms with Gasteiger partial charge in [-0.15, -0.1) is 0 Å². The number of carboxylic acids is 1. The number of rotatable bonds is 7. The molecule has 0 aliphatic rings. The summed E-state index contributed by atoms with van der Waals surface area (Å²) in [5.74, 6) is -1.08. The molecule has 0 saturated heterocycles. The fourth-order valence-electron chi connectivity index (χ4n) is 1.38. The first kappa shape index (κ1) is 17.7. The van der Waals surface area contributed by atoms with Gasteiger partial charge in [0.2, 0.25) is 10.0 Å². The number of sulfonamides is 1. The van der Waals surface area contributed by atoms with Crippen LogP contribution in [0.5, 0.6) is 0 Å². The molecule has 0 radical (unpaired) electrons. The van der Waals surface area contributed by atoms with E-state index >= 15 is 0 Å². The number of carboxylic acid groups (broad SMARTS) is 1. The van der Waals surface area contributed by atoms with Gasteiger partial charge in [-0.2, -0.15) is 11.8 Å². The Hall–Kier alpha value is -1.31. The first-order valence-electron chi connectivity index (χ1n) is 6.22. The summed E-state index contributed by atoms with van der Waals surface area (Å²) in [6.45, 7) is 4.21. The molecule has 0 aliphatic carbocycles. The molecule has 0 unspecified atom stereocenters. The molecule has 0 spiro atoms. The first-order valence-corrected chi connectivity index (χ1v) is 8.93. The Labute approximate surface area is 129 Å². The maximum absolute atomic E-state index is 12.2. The van der Waals surface area contributed by atoms with Crippen molar-refractivity contribution in [1.29, 1.82) is 0 Å². The summed E-state index contributed by atoms with van der Waals surface area (Å²) >= 11 is 1.57. The van der Waals surface area contributed by atoms with Crippen LogP contribution in [0.2, 0.25) is 0 Å². The lowest BCUT2D eigenvalue weighted by Crippen LogP contribution is -2.36. The zero-order chi connectivity index (χ0) is 16.1. The maximum Gasteiger partial charge on any atom is 0.328 e. The number of hydrogen-bond donors (Lipinski definition) is 2. The SMILES string of the molecule is CSC(C)(C)CNS(=O)(=O)c1cccc(/C=C/C(=O)O)c1. The monoisotopic (exact) mass is 329 g/mol. The topological polar surface area (TPSA) is 83.5 Å². The molecule has 0 amide bonds. The standard InChI is InChI=1S/C14H19NO4S2/c1-14(2,20-3)10-15-21(18,19)12-6-4-5-11(9-12)7-8-13(16)17/h4-9,15H,10H2,1-3H3,(H,16,17)/b8-7+. The lowest BCUT2D eigenvalue weighted by atomic mass is 10.2. The van der Waals surface area contributed by atoms with Crippen molar-refractivity contribution >= 4 is 33.8 Å². The van der Waals surface area contributed by atoms with Crippen LogP contribution in [0.1, 0.15) is 19.4 Å². The smallest absolute Gasteiger partial charge is 0.328 e. The van der Waals surface area contributed by atoms with Crippen LogP contribution in [0, 0.1) is 0 Å². The highest BCUT2D eigenvalue weighted by Crippen LogP contribution is 2.21. The Kier molecular flexibility index (Phi) is 6.00. The molecule has 0 aromatic heterocycles. The van der Waals surface area contributed by atoms with Crippen LogP contribution in [0.4, 0.5) is 0 Å². The molecule has 5 nitrogen and oxygen atoms in total. The second-order valence-electron chi connectivity index (χ2n) is 5.03. The van der Waals surface area contributed by atoms with E-state index < -0.39 is 16.0 Å². The molecule has 1 aromatic carbocycles. The van der Waals surface area contributed by atoms with Crippen molar-refractivity contribution in [2.45, 2.75) is 23.5 Å². The number of thioether (sulfide) groups is 1. The Morgan fingerprint density at radius 2 is 2.10 bits per heavy atom. The second-order valence-corrected chi connectivity index (χ2v) is 8.31. The van der Waals surface area contributed by atoms with Crippen LogP contribution < -0.4 is 4.72 Å². The molecule has 0 saturated carbocycles. The van der Waals surface area contributed by atoms with E-state index in [1.807, 2.05) is 20.1 Å². The van der Waals surface area contributed by atoms with E-state index in [-0.39, 0.29) is 9.64 Å². The Morgan fingerprint density at radius 3 is 2.67 bits per heavy atom. The Morgan fingerprint density at radius 1 is 1.43 bits per heavy atom. The summed E-state index contributed by atoms with van der Waals surface area (Å²) in [7, 11) is -3.61. The summed E-state index contributed by atoms with van der Waals surface area (Å²) < 4.78 is 26.8. The van der Waals surface area contributed by atoms with Crippen molar-refractivity contribution in [3.8, 4) is 0 Å². The van der Waals surface area contributed by atoms with Crippen LogP contribution >= 0.6 is 11.8 Å². The number of carbonyl (C=O) groups is 1. The quantitative estimate of drug-likeness (QED) is 0.749. The molecule has 1 aromatic rings. The molecule has 7 heteroatoms. The summed E-state index contributed by atoms with van der Waals surface area (Å²) in [5, 5.41) is 8.59. The fourth-order valence-corrected chi connectivity index (χ4v) is 2.95. The van der Waals surface area contributed by atoms with Gasteiger partial charge in [0.25, 0.3) is 0 Å². The summed E-state index contributed by atoms with van der Waals surface area (Å²) in [6, 6.07) is 6.14. The van der Waals surface area contributed by atoms with Gasteiger partial charge in [-0.05, 0) is 43.9 Å². The molecule has 0 heterocycles. The van der Waals surface area contributed by atoms with E-state index in [0.717, 1.165) is 6.08 Å². The molecule has 116 valence electrons.